The minimum Gasteiger partial charge on any atom is -0.338 e. The standard InChI is InChI=1S/C17H30N2O4S/c1-16(2,3)11-14(20)19-8-6-7-13(19)15(21)18-9-10-24(22,23)17(4,5)12-18/h13H,6-12H2,1-5H3. The van der Waals surface area contributed by atoms with Gasteiger partial charge in [0.15, 0.2) is 9.84 Å². The van der Waals surface area contributed by atoms with Crippen LogP contribution < -0.4 is 0 Å². The Balaban J connectivity index is 2.10. The van der Waals surface area contributed by atoms with Crippen LogP contribution in [0.4, 0.5) is 0 Å². The van der Waals surface area contributed by atoms with E-state index >= 15 is 0 Å². The van der Waals surface area contributed by atoms with Crippen molar-refractivity contribution in [3.63, 3.8) is 0 Å². The molecule has 0 saturated carbocycles. The first-order chi connectivity index (χ1) is 10.8. The smallest absolute Gasteiger partial charge is 0.245 e. The van der Waals surface area contributed by atoms with Crippen LogP contribution in [0.25, 0.3) is 0 Å². The van der Waals surface area contributed by atoms with E-state index in [4.69, 9.17) is 0 Å². The summed E-state index contributed by atoms with van der Waals surface area (Å²) in [6.07, 6.45) is 1.90. The van der Waals surface area contributed by atoms with Crippen LogP contribution in [0.5, 0.6) is 0 Å². The predicted molar refractivity (Wildman–Crippen MR) is 93.3 cm³/mol. The summed E-state index contributed by atoms with van der Waals surface area (Å²) in [5.74, 6) is -0.0889. The molecule has 138 valence electrons. The highest BCUT2D eigenvalue weighted by molar-refractivity contribution is 7.92. The summed E-state index contributed by atoms with van der Waals surface area (Å²) in [7, 11) is -3.18. The van der Waals surface area contributed by atoms with Gasteiger partial charge in [0.2, 0.25) is 11.8 Å². The van der Waals surface area contributed by atoms with Gasteiger partial charge in [-0.05, 0) is 32.1 Å². The number of sulfone groups is 1. The third kappa shape index (κ3) is 3.92. The Hall–Kier alpha value is -1.11. The van der Waals surface area contributed by atoms with E-state index in [-0.39, 0.29) is 36.1 Å². The van der Waals surface area contributed by atoms with E-state index in [0.717, 1.165) is 6.42 Å². The van der Waals surface area contributed by atoms with E-state index < -0.39 is 20.6 Å². The fourth-order valence-electron chi connectivity index (χ4n) is 3.42. The number of hydrogen-bond donors (Lipinski definition) is 0. The molecule has 2 amide bonds. The van der Waals surface area contributed by atoms with Gasteiger partial charge in [-0.25, -0.2) is 8.42 Å². The summed E-state index contributed by atoms with van der Waals surface area (Å²) in [5.41, 5.74) is -0.117. The molecule has 2 aliphatic rings. The number of amides is 2. The van der Waals surface area contributed by atoms with Crippen LogP contribution >= 0.6 is 0 Å². The highest BCUT2D eigenvalue weighted by atomic mass is 32.2. The van der Waals surface area contributed by atoms with Gasteiger partial charge in [0.25, 0.3) is 0 Å². The molecule has 0 aromatic carbocycles. The fraction of sp³-hybridized carbons (Fsp3) is 0.882. The van der Waals surface area contributed by atoms with Crippen LogP contribution in [0, 0.1) is 5.41 Å². The first-order valence-corrected chi connectivity index (χ1v) is 10.3. The number of rotatable bonds is 2. The lowest BCUT2D eigenvalue weighted by Gasteiger charge is -2.40. The van der Waals surface area contributed by atoms with Crippen molar-refractivity contribution in [1.82, 2.24) is 9.80 Å². The second-order valence-electron chi connectivity index (χ2n) is 8.82. The maximum atomic E-state index is 12.9. The van der Waals surface area contributed by atoms with E-state index in [1.165, 1.54) is 0 Å². The molecule has 24 heavy (non-hydrogen) atoms. The molecule has 2 aliphatic heterocycles. The maximum Gasteiger partial charge on any atom is 0.245 e. The van der Waals surface area contributed by atoms with Crippen molar-refractivity contribution in [3.05, 3.63) is 0 Å². The van der Waals surface area contributed by atoms with Crippen LogP contribution in [0.15, 0.2) is 0 Å². The molecule has 0 N–H and O–H groups in total. The summed E-state index contributed by atoms with van der Waals surface area (Å²) in [4.78, 5) is 28.8. The minimum absolute atomic E-state index is 0.00556. The molecule has 2 rings (SSSR count). The average molecular weight is 359 g/mol. The lowest BCUT2D eigenvalue weighted by Crippen LogP contribution is -2.58. The summed E-state index contributed by atoms with van der Waals surface area (Å²) in [6.45, 7) is 10.4. The van der Waals surface area contributed by atoms with Gasteiger partial charge in [0, 0.05) is 26.1 Å². The van der Waals surface area contributed by atoms with Crippen molar-refractivity contribution in [2.75, 3.05) is 25.4 Å². The van der Waals surface area contributed by atoms with Crippen molar-refractivity contribution in [3.8, 4) is 0 Å². The topological polar surface area (TPSA) is 74.8 Å². The van der Waals surface area contributed by atoms with Crippen LogP contribution in [0.1, 0.15) is 53.9 Å². The largest absolute Gasteiger partial charge is 0.338 e. The zero-order valence-electron chi connectivity index (χ0n) is 15.5. The van der Waals surface area contributed by atoms with E-state index in [2.05, 4.69) is 0 Å². The average Bonchev–Trinajstić information content (AvgIpc) is 2.88. The first-order valence-electron chi connectivity index (χ1n) is 8.65. The zero-order chi connectivity index (χ0) is 18.3. The zero-order valence-corrected chi connectivity index (χ0v) is 16.3. The molecule has 0 radical (unpaired) electrons. The Labute approximate surface area is 145 Å². The van der Waals surface area contributed by atoms with Gasteiger partial charge in [-0.3, -0.25) is 9.59 Å². The molecular weight excluding hydrogens is 328 g/mol. The van der Waals surface area contributed by atoms with Crippen LogP contribution in [0.2, 0.25) is 0 Å². The molecule has 1 unspecified atom stereocenters. The molecule has 1 atom stereocenters. The third-order valence-electron chi connectivity index (χ3n) is 4.89. The van der Waals surface area contributed by atoms with Gasteiger partial charge in [0.1, 0.15) is 6.04 Å². The monoisotopic (exact) mass is 358 g/mol. The first kappa shape index (κ1) is 19.2. The van der Waals surface area contributed by atoms with Gasteiger partial charge < -0.3 is 9.80 Å². The molecular formula is C17H30N2O4S. The van der Waals surface area contributed by atoms with Crippen molar-refractivity contribution in [2.45, 2.75) is 64.7 Å². The number of hydrogen-bond acceptors (Lipinski definition) is 4. The number of carbonyl (C=O) groups excluding carboxylic acids is 2. The Kier molecular flexibility index (Phi) is 5.06. The maximum absolute atomic E-state index is 12.9. The van der Waals surface area contributed by atoms with E-state index in [0.29, 0.717) is 19.4 Å². The quantitative estimate of drug-likeness (QED) is 0.749. The third-order valence-corrected chi connectivity index (χ3v) is 7.43. The molecule has 2 saturated heterocycles. The van der Waals surface area contributed by atoms with Crippen LogP contribution in [0.3, 0.4) is 0 Å². The van der Waals surface area contributed by atoms with Crippen molar-refractivity contribution >= 4 is 21.7 Å². The minimum atomic E-state index is -3.18. The lowest BCUT2D eigenvalue weighted by atomic mass is 9.91. The Bertz CT molecular complexity index is 619. The predicted octanol–water partition coefficient (Wildman–Crippen LogP) is 1.45. The van der Waals surface area contributed by atoms with Crippen LogP contribution in [-0.2, 0) is 19.4 Å². The summed E-state index contributed by atoms with van der Waals surface area (Å²) >= 11 is 0. The number of nitrogens with zero attached hydrogens (tertiary/aromatic N) is 2. The summed E-state index contributed by atoms with van der Waals surface area (Å²) < 4.78 is 23.3. The molecule has 0 aromatic rings. The molecule has 0 aromatic heterocycles. The Morgan fingerprint density at radius 2 is 1.79 bits per heavy atom. The highest BCUT2D eigenvalue weighted by Gasteiger charge is 2.45. The summed E-state index contributed by atoms with van der Waals surface area (Å²) in [6, 6.07) is -0.434. The van der Waals surface area contributed by atoms with Gasteiger partial charge in [-0.2, -0.15) is 0 Å². The van der Waals surface area contributed by atoms with E-state index in [1.807, 2.05) is 20.8 Å². The molecule has 0 bridgehead atoms. The van der Waals surface area contributed by atoms with Crippen molar-refractivity contribution < 1.29 is 18.0 Å². The molecule has 0 spiro atoms. The highest BCUT2D eigenvalue weighted by Crippen LogP contribution is 2.28. The molecule has 7 heteroatoms. The molecule has 0 aliphatic carbocycles. The van der Waals surface area contributed by atoms with E-state index in [9.17, 15) is 18.0 Å². The lowest BCUT2D eigenvalue weighted by molar-refractivity contribution is -0.145. The normalized spacial score (nSPS) is 26.5. The van der Waals surface area contributed by atoms with Crippen molar-refractivity contribution in [2.24, 2.45) is 5.41 Å². The second kappa shape index (κ2) is 6.32. The summed E-state index contributed by atoms with van der Waals surface area (Å²) in [5, 5.41) is 0. The van der Waals surface area contributed by atoms with Gasteiger partial charge in [-0.15, -0.1) is 0 Å². The molecule has 2 fully saturated rings. The van der Waals surface area contributed by atoms with E-state index in [1.54, 1.807) is 23.6 Å². The molecule has 2 heterocycles. The fourth-order valence-corrected chi connectivity index (χ4v) is 4.79. The number of likely N-dealkylation sites (tertiary alicyclic amines) is 1. The van der Waals surface area contributed by atoms with Crippen molar-refractivity contribution in [1.29, 1.82) is 0 Å². The molecule has 6 nitrogen and oxygen atoms in total. The SMILES string of the molecule is CC(C)(C)CC(=O)N1CCCC1C(=O)N1CCS(=O)(=O)C(C)(C)C1. The van der Waals surface area contributed by atoms with Gasteiger partial charge >= 0.3 is 0 Å². The van der Waals surface area contributed by atoms with Gasteiger partial charge in [0.05, 0.1) is 10.5 Å². The Morgan fingerprint density at radius 1 is 1.17 bits per heavy atom. The number of carbonyl (C=O) groups is 2. The Morgan fingerprint density at radius 3 is 2.33 bits per heavy atom. The van der Waals surface area contributed by atoms with Gasteiger partial charge in [-0.1, -0.05) is 20.8 Å². The second-order valence-corrected chi connectivity index (χ2v) is 11.6. The van der Waals surface area contributed by atoms with Crippen LogP contribution in [-0.4, -0.2) is 66.2 Å².